The fraction of sp³-hybridized carbons (Fsp3) is 0.583. The van der Waals surface area contributed by atoms with Gasteiger partial charge in [-0.1, -0.05) is 6.07 Å². The zero-order valence-electron chi connectivity index (χ0n) is 9.53. The molecule has 0 spiro atoms. The molecule has 1 aliphatic rings. The molecule has 0 bridgehead atoms. The fourth-order valence-electron chi connectivity index (χ4n) is 1.95. The Morgan fingerprint density at radius 3 is 2.87 bits per heavy atom. The van der Waals surface area contributed by atoms with E-state index in [1.54, 1.807) is 0 Å². The summed E-state index contributed by atoms with van der Waals surface area (Å²) in [5.41, 5.74) is 2.27. The van der Waals surface area contributed by atoms with Crippen molar-refractivity contribution in [1.82, 2.24) is 15.2 Å². The van der Waals surface area contributed by atoms with E-state index in [0.717, 1.165) is 18.2 Å². The highest BCUT2D eigenvalue weighted by Crippen LogP contribution is 2.07. The van der Waals surface area contributed by atoms with Gasteiger partial charge in [-0.15, -0.1) is 0 Å². The SMILES string of the molecule is Cc1cccc(CN(C)CC2CNC2)n1. The first-order valence-electron chi connectivity index (χ1n) is 5.56. The molecular weight excluding hydrogens is 186 g/mol. The van der Waals surface area contributed by atoms with Crippen LogP contribution in [0.5, 0.6) is 0 Å². The number of nitrogens with one attached hydrogen (secondary N) is 1. The lowest BCUT2D eigenvalue weighted by molar-refractivity contribution is 0.217. The van der Waals surface area contributed by atoms with Crippen LogP contribution in [0.4, 0.5) is 0 Å². The number of pyridine rings is 1. The van der Waals surface area contributed by atoms with Crippen molar-refractivity contribution in [3.8, 4) is 0 Å². The van der Waals surface area contributed by atoms with Crippen molar-refractivity contribution in [1.29, 1.82) is 0 Å². The summed E-state index contributed by atoms with van der Waals surface area (Å²) in [7, 11) is 2.17. The van der Waals surface area contributed by atoms with Gasteiger partial charge in [-0.25, -0.2) is 0 Å². The summed E-state index contributed by atoms with van der Waals surface area (Å²) in [6, 6.07) is 6.22. The number of hydrogen-bond donors (Lipinski definition) is 1. The molecule has 0 amide bonds. The van der Waals surface area contributed by atoms with Gasteiger partial charge in [-0.05, 0) is 32.0 Å². The zero-order valence-corrected chi connectivity index (χ0v) is 9.53. The van der Waals surface area contributed by atoms with Crippen LogP contribution in [-0.2, 0) is 6.54 Å². The molecule has 0 aromatic carbocycles. The summed E-state index contributed by atoms with van der Waals surface area (Å²) in [5.74, 6) is 0.833. The van der Waals surface area contributed by atoms with Gasteiger partial charge in [-0.3, -0.25) is 4.98 Å². The van der Waals surface area contributed by atoms with Gasteiger partial charge in [-0.2, -0.15) is 0 Å². The van der Waals surface area contributed by atoms with Gasteiger partial charge < -0.3 is 10.2 Å². The van der Waals surface area contributed by atoms with Crippen LogP contribution < -0.4 is 5.32 Å². The van der Waals surface area contributed by atoms with Gasteiger partial charge in [0.25, 0.3) is 0 Å². The average molecular weight is 205 g/mol. The molecule has 0 radical (unpaired) electrons. The van der Waals surface area contributed by atoms with Crippen molar-refractivity contribution in [2.45, 2.75) is 13.5 Å². The highest BCUT2D eigenvalue weighted by Gasteiger charge is 2.18. The van der Waals surface area contributed by atoms with Crippen molar-refractivity contribution in [2.24, 2.45) is 5.92 Å². The molecule has 15 heavy (non-hydrogen) atoms. The maximum Gasteiger partial charge on any atom is 0.0547 e. The number of rotatable bonds is 4. The third kappa shape index (κ3) is 3.01. The summed E-state index contributed by atoms with van der Waals surface area (Å²) in [6.07, 6.45) is 0. The van der Waals surface area contributed by atoms with Crippen molar-refractivity contribution in [3.05, 3.63) is 29.6 Å². The second kappa shape index (κ2) is 4.73. The summed E-state index contributed by atoms with van der Waals surface area (Å²) in [5, 5.41) is 3.30. The van der Waals surface area contributed by atoms with E-state index in [0.29, 0.717) is 0 Å². The zero-order chi connectivity index (χ0) is 10.7. The average Bonchev–Trinajstić information content (AvgIpc) is 2.11. The number of aryl methyl sites for hydroxylation is 1. The first-order valence-corrected chi connectivity index (χ1v) is 5.56. The molecule has 3 heteroatoms. The van der Waals surface area contributed by atoms with Crippen molar-refractivity contribution < 1.29 is 0 Å². The number of hydrogen-bond acceptors (Lipinski definition) is 3. The maximum absolute atomic E-state index is 4.51. The van der Waals surface area contributed by atoms with E-state index >= 15 is 0 Å². The van der Waals surface area contributed by atoms with Crippen LogP contribution in [-0.4, -0.2) is 36.6 Å². The van der Waals surface area contributed by atoms with Crippen LogP contribution in [0.3, 0.4) is 0 Å². The molecule has 0 atom stereocenters. The molecule has 3 nitrogen and oxygen atoms in total. The maximum atomic E-state index is 4.51. The summed E-state index contributed by atoms with van der Waals surface area (Å²) in [4.78, 5) is 6.86. The Labute approximate surface area is 91.5 Å². The van der Waals surface area contributed by atoms with Crippen molar-refractivity contribution in [2.75, 3.05) is 26.7 Å². The second-order valence-electron chi connectivity index (χ2n) is 4.49. The molecule has 1 aromatic heterocycles. The summed E-state index contributed by atoms with van der Waals surface area (Å²) < 4.78 is 0. The van der Waals surface area contributed by atoms with Gasteiger partial charge in [0.1, 0.15) is 0 Å². The number of aromatic nitrogens is 1. The van der Waals surface area contributed by atoms with Crippen molar-refractivity contribution >= 4 is 0 Å². The molecule has 1 fully saturated rings. The van der Waals surface area contributed by atoms with E-state index < -0.39 is 0 Å². The largest absolute Gasteiger partial charge is 0.316 e. The first kappa shape index (κ1) is 10.6. The predicted octanol–water partition coefficient (Wildman–Crippen LogP) is 1.04. The summed E-state index contributed by atoms with van der Waals surface area (Å²) >= 11 is 0. The Balaban J connectivity index is 1.84. The molecule has 0 aliphatic carbocycles. The molecule has 82 valence electrons. The van der Waals surface area contributed by atoms with E-state index in [-0.39, 0.29) is 0 Å². The van der Waals surface area contributed by atoms with Gasteiger partial charge in [0.05, 0.1) is 5.69 Å². The minimum atomic E-state index is 0.833. The van der Waals surface area contributed by atoms with Crippen LogP contribution in [0.15, 0.2) is 18.2 Å². The van der Waals surface area contributed by atoms with Crippen LogP contribution >= 0.6 is 0 Å². The lowest BCUT2D eigenvalue weighted by Gasteiger charge is -2.31. The molecule has 1 saturated heterocycles. The van der Waals surface area contributed by atoms with Gasteiger partial charge in [0.2, 0.25) is 0 Å². The molecule has 1 aliphatic heterocycles. The van der Waals surface area contributed by atoms with E-state index in [1.807, 2.05) is 13.0 Å². The first-order chi connectivity index (χ1) is 7.24. The molecule has 0 saturated carbocycles. The lowest BCUT2D eigenvalue weighted by atomic mass is 10.0. The smallest absolute Gasteiger partial charge is 0.0547 e. The van der Waals surface area contributed by atoms with Gasteiger partial charge >= 0.3 is 0 Å². The topological polar surface area (TPSA) is 28.2 Å². The Kier molecular flexibility index (Phi) is 3.34. The minimum absolute atomic E-state index is 0.833. The van der Waals surface area contributed by atoms with Gasteiger partial charge in [0.15, 0.2) is 0 Å². The van der Waals surface area contributed by atoms with Crippen LogP contribution in [0.2, 0.25) is 0 Å². The van der Waals surface area contributed by atoms with E-state index in [9.17, 15) is 0 Å². The standard InChI is InChI=1S/C12H19N3/c1-10-4-3-5-12(14-10)9-15(2)8-11-6-13-7-11/h3-5,11,13H,6-9H2,1-2H3. The Bertz CT molecular complexity index is 320. The second-order valence-corrected chi connectivity index (χ2v) is 4.49. The third-order valence-electron chi connectivity index (χ3n) is 2.81. The third-order valence-corrected chi connectivity index (χ3v) is 2.81. The number of nitrogens with zero attached hydrogens (tertiary/aromatic N) is 2. The molecule has 2 heterocycles. The van der Waals surface area contributed by atoms with Crippen LogP contribution in [0, 0.1) is 12.8 Å². The molecule has 2 rings (SSSR count). The Morgan fingerprint density at radius 2 is 2.27 bits per heavy atom. The normalized spacial score (nSPS) is 16.7. The van der Waals surface area contributed by atoms with Gasteiger partial charge in [0, 0.05) is 31.9 Å². The highest BCUT2D eigenvalue weighted by molar-refractivity contribution is 5.09. The monoisotopic (exact) mass is 205 g/mol. The van der Waals surface area contributed by atoms with Crippen molar-refractivity contribution in [3.63, 3.8) is 0 Å². The fourth-order valence-corrected chi connectivity index (χ4v) is 1.95. The molecule has 0 unspecified atom stereocenters. The molecule has 1 aromatic rings. The summed E-state index contributed by atoms with van der Waals surface area (Å²) in [6.45, 7) is 6.51. The van der Waals surface area contributed by atoms with E-state index in [4.69, 9.17) is 0 Å². The minimum Gasteiger partial charge on any atom is -0.316 e. The van der Waals surface area contributed by atoms with Crippen LogP contribution in [0.25, 0.3) is 0 Å². The lowest BCUT2D eigenvalue weighted by Crippen LogP contribution is -2.47. The Hall–Kier alpha value is -0.930. The van der Waals surface area contributed by atoms with E-state index in [2.05, 4.69) is 34.4 Å². The van der Waals surface area contributed by atoms with E-state index in [1.165, 1.54) is 25.3 Å². The quantitative estimate of drug-likeness (QED) is 0.796. The molecule has 1 N–H and O–H groups in total. The molecular formula is C12H19N3. The highest BCUT2D eigenvalue weighted by atomic mass is 15.1. The predicted molar refractivity (Wildman–Crippen MR) is 61.7 cm³/mol. The van der Waals surface area contributed by atoms with Crippen LogP contribution in [0.1, 0.15) is 11.4 Å². The Morgan fingerprint density at radius 1 is 1.47 bits per heavy atom.